The zero-order valence-electron chi connectivity index (χ0n) is 13.5. The molecular weight excluding hydrogens is 386 g/mol. The van der Waals surface area contributed by atoms with Gasteiger partial charge in [-0.05, 0) is 37.1 Å². The van der Waals surface area contributed by atoms with Crippen LogP contribution in [0.2, 0.25) is 0 Å². The predicted octanol–water partition coefficient (Wildman–Crippen LogP) is 3.40. The molecule has 2 N–H and O–H groups in total. The number of amides is 1. The Labute approximate surface area is 152 Å². The maximum Gasteiger partial charge on any atom is 0.248 e. The number of anilines is 1. The Hall–Kier alpha value is -2.19. The lowest BCUT2D eigenvalue weighted by molar-refractivity contribution is -0.116. The second kappa shape index (κ2) is 6.97. The van der Waals surface area contributed by atoms with Crippen molar-refractivity contribution in [3.05, 3.63) is 40.8 Å². The molecule has 3 aromatic rings. The molecule has 0 bridgehead atoms. The SMILES string of the molecule is O=C(CCn1ccc2cc(Br)ccc21)Nc1n[nH]c(C2CCCO2)n1. The third kappa shape index (κ3) is 3.59. The Bertz CT molecular complexity index is 897. The van der Waals surface area contributed by atoms with E-state index in [2.05, 4.69) is 47.1 Å². The molecule has 1 atom stereocenters. The van der Waals surface area contributed by atoms with E-state index in [1.54, 1.807) is 0 Å². The highest BCUT2D eigenvalue weighted by Gasteiger charge is 2.21. The number of halogens is 1. The van der Waals surface area contributed by atoms with Gasteiger partial charge in [-0.15, -0.1) is 5.10 Å². The summed E-state index contributed by atoms with van der Waals surface area (Å²) in [5.41, 5.74) is 1.11. The molecule has 2 aromatic heterocycles. The van der Waals surface area contributed by atoms with Gasteiger partial charge in [-0.25, -0.2) is 0 Å². The number of fused-ring (bicyclic) bond motifs is 1. The molecule has 3 heterocycles. The highest BCUT2D eigenvalue weighted by Crippen LogP contribution is 2.26. The number of benzene rings is 1. The largest absolute Gasteiger partial charge is 0.370 e. The first-order valence-corrected chi connectivity index (χ1v) is 9.06. The van der Waals surface area contributed by atoms with Gasteiger partial charge in [-0.1, -0.05) is 15.9 Å². The second-order valence-corrected chi connectivity index (χ2v) is 6.97. The van der Waals surface area contributed by atoms with Crippen LogP contribution in [-0.2, 0) is 16.1 Å². The Balaban J connectivity index is 1.35. The zero-order chi connectivity index (χ0) is 17.2. The topological polar surface area (TPSA) is 84.8 Å². The van der Waals surface area contributed by atoms with Gasteiger partial charge in [0.2, 0.25) is 11.9 Å². The van der Waals surface area contributed by atoms with E-state index >= 15 is 0 Å². The van der Waals surface area contributed by atoms with E-state index < -0.39 is 0 Å². The van der Waals surface area contributed by atoms with Crippen molar-refractivity contribution >= 4 is 38.7 Å². The smallest absolute Gasteiger partial charge is 0.248 e. The quantitative estimate of drug-likeness (QED) is 0.683. The van der Waals surface area contributed by atoms with Gasteiger partial charge >= 0.3 is 0 Å². The van der Waals surface area contributed by atoms with Crippen molar-refractivity contribution in [3.8, 4) is 0 Å². The Morgan fingerprint density at radius 3 is 3.20 bits per heavy atom. The van der Waals surface area contributed by atoms with Gasteiger partial charge in [0.1, 0.15) is 6.10 Å². The van der Waals surface area contributed by atoms with E-state index in [-0.39, 0.29) is 12.0 Å². The average Bonchev–Trinajstić information content (AvgIpc) is 3.33. The number of hydrogen-bond donors (Lipinski definition) is 2. The monoisotopic (exact) mass is 403 g/mol. The third-order valence-electron chi connectivity index (χ3n) is 4.30. The first-order valence-electron chi connectivity index (χ1n) is 8.27. The standard InChI is InChI=1S/C17H18BrN5O2/c18-12-3-4-13-11(10-12)5-7-23(13)8-6-15(24)19-17-20-16(21-22-17)14-2-1-9-25-14/h3-5,7,10,14H,1-2,6,8-9H2,(H2,19,20,21,22,24). The van der Waals surface area contributed by atoms with Gasteiger partial charge in [0, 0.05) is 41.1 Å². The van der Waals surface area contributed by atoms with Gasteiger partial charge in [0.05, 0.1) is 0 Å². The summed E-state index contributed by atoms with van der Waals surface area (Å²) in [4.78, 5) is 16.5. The van der Waals surface area contributed by atoms with Crippen LogP contribution in [0.25, 0.3) is 10.9 Å². The number of carbonyl (C=O) groups excluding carboxylic acids is 1. The summed E-state index contributed by atoms with van der Waals surface area (Å²) in [5.74, 6) is 0.864. The fourth-order valence-corrected chi connectivity index (χ4v) is 3.42. The summed E-state index contributed by atoms with van der Waals surface area (Å²) in [7, 11) is 0. The van der Waals surface area contributed by atoms with Crippen LogP contribution in [0.15, 0.2) is 34.9 Å². The van der Waals surface area contributed by atoms with Gasteiger partial charge < -0.3 is 9.30 Å². The number of aromatic nitrogens is 4. The molecule has 25 heavy (non-hydrogen) atoms. The van der Waals surface area contributed by atoms with Crippen molar-refractivity contribution in [2.75, 3.05) is 11.9 Å². The predicted molar refractivity (Wildman–Crippen MR) is 97.2 cm³/mol. The van der Waals surface area contributed by atoms with Crippen molar-refractivity contribution < 1.29 is 9.53 Å². The first kappa shape index (κ1) is 16.3. The van der Waals surface area contributed by atoms with Crippen LogP contribution in [-0.4, -0.2) is 32.3 Å². The number of nitrogens with zero attached hydrogens (tertiary/aromatic N) is 3. The highest BCUT2D eigenvalue weighted by molar-refractivity contribution is 9.10. The minimum Gasteiger partial charge on any atom is -0.370 e. The maximum absolute atomic E-state index is 12.2. The molecule has 1 aliphatic rings. The number of rotatable bonds is 5. The van der Waals surface area contributed by atoms with E-state index in [4.69, 9.17) is 4.74 Å². The molecule has 130 valence electrons. The lowest BCUT2D eigenvalue weighted by Crippen LogP contribution is -2.15. The van der Waals surface area contributed by atoms with E-state index in [0.29, 0.717) is 24.7 Å². The van der Waals surface area contributed by atoms with Crippen molar-refractivity contribution in [1.29, 1.82) is 0 Å². The summed E-state index contributed by atoms with van der Waals surface area (Å²) in [6, 6.07) is 8.15. The molecule has 0 spiro atoms. The Morgan fingerprint density at radius 2 is 2.36 bits per heavy atom. The summed E-state index contributed by atoms with van der Waals surface area (Å²) in [6.07, 6.45) is 4.26. The Morgan fingerprint density at radius 1 is 1.44 bits per heavy atom. The summed E-state index contributed by atoms with van der Waals surface area (Å²) < 4.78 is 8.66. The van der Waals surface area contributed by atoms with Crippen LogP contribution >= 0.6 is 15.9 Å². The van der Waals surface area contributed by atoms with Crippen LogP contribution in [0, 0.1) is 0 Å². The summed E-state index contributed by atoms with van der Waals surface area (Å²) in [5, 5.41) is 10.8. The minimum atomic E-state index is -0.114. The van der Waals surface area contributed by atoms with Crippen molar-refractivity contribution in [3.63, 3.8) is 0 Å². The molecule has 0 aliphatic carbocycles. The maximum atomic E-state index is 12.2. The van der Waals surface area contributed by atoms with Gasteiger partial charge in [-0.2, -0.15) is 4.98 Å². The molecule has 7 nitrogen and oxygen atoms in total. The number of H-pyrrole nitrogens is 1. The highest BCUT2D eigenvalue weighted by atomic mass is 79.9. The number of nitrogens with one attached hydrogen (secondary N) is 2. The van der Waals surface area contributed by atoms with Crippen LogP contribution in [0.5, 0.6) is 0 Å². The summed E-state index contributed by atoms with van der Waals surface area (Å²) >= 11 is 3.47. The normalized spacial score (nSPS) is 17.2. The number of ether oxygens (including phenoxy) is 1. The van der Waals surface area contributed by atoms with Crippen LogP contribution in [0.1, 0.15) is 31.2 Å². The molecular formula is C17H18BrN5O2. The molecule has 1 unspecified atom stereocenters. The lowest BCUT2D eigenvalue weighted by atomic mass is 10.2. The number of aromatic amines is 1. The second-order valence-electron chi connectivity index (χ2n) is 6.06. The van der Waals surface area contributed by atoms with E-state index in [0.717, 1.165) is 34.8 Å². The Kier molecular flexibility index (Phi) is 4.54. The third-order valence-corrected chi connectivity index (χ3v) is 4.79. The molecule has 0 radical (unpaired) electrons. The van der Waals surface area contributed by atoms with E-state index in [1.165, 1.54) is 0 Å². The van der Waals surface area contributed by atoms with E-state index in [9.17, 15) is 4.79 Å². The van der Waals surface area contributed by atoms with Crippen molar-refractivity contribution in [2.45, 2.75) is 31.9 Å². The van der Waals surface area contributed by atoms with Crippen LogP contribution in [0.3, 0.4) is 0 Å². The number of carbonyl (C=O) groups is 1. The van der Waals surface area contributed by atoms with Crippen LogP contribution in [0.4, 0.5) is 5.95 Å². The number of hydrogen-bond acceptors (Lipinski definition) is 4. The fraction of sp³-hybridized carbons (Fsp3) is 0.353. The molecule has 1 aromatic carbocycles. The first-order chi connectivity index (χ1) is 12.2. The molecule has 1 amide bonds. The van der Waals surface area contributed by atoms with Gasteiger partial charge in [-0.3, -0.25) is 15.2 Å². The lowest BCUT2D eigenvalue weighted by Gasteiger charge is -2.05. The average molecular weight is 404 g/mol. The van der Waals surface area contributed by atoms with Gasteiger partial charge in [0.15, 0.2) is 5.82 Å². The number of aryl methyl sites for hydroxylation is 1. The van der Waals surface area contributed by atoms with E-state index in [1.807, 2.05) is 24.4 Å². The molecule has 8 heteroatoms. The molecule has 4 rings (SSSR count). The van der Waals surface area contributed by atoms with Crippen molar-refractivity contribution in [2.24, 2.45) is 0 Å². The summed E-state index contributed by atoms with van der Waals surface area (Å²) in [6.45, 7) is 1.34. The van der Waals surface area contributed by atoms with Crippen molar-refractivity contribution in [1.82, 2.24) is 19.7 Å². The molecule has 1 aliphatic heterocycles. The van der Waals surface area contributed by atoms with Gasteiger partial charge in [0.25, 0.3) is 0 Å². The molecule has 1 fully saturated rings. The molecule has 0 saturated carbocycles. The fourth-order valence-electron chi connectivity index (χ4n) is 3.04. The van der Waals surface area contributed by atoms with Crippen LogP contribution < -0.4 is 5.32 Å². The minimum absolute atomic E-state index is 0.0382. The zero-order valence-corrected chi connectivity index (χ0v) is 15.1. The molecule has 1 saturated heterocycles.